The zero-order chi connectivity index (χ0) is 11.3. The summed E-state index contributed by atoms with van der Waals surface area (Å²) >= 11 is 0. The Bertz CT molecular complexity index is 176. The molecule has 0 aromatic heterocycles. The Labute approximate surface area is 83.5 Å². The summed E-state index contributed by atoms with van der Waals surface area (Å²) < 4.78 is 23.7. The molecular weight excluding hydrogens is 190 g/mol. The molecule has 0 heterocycles. The first-order chi connectivity index (χ1) is 6.36. The van der Waals surface area contributed by atoms with Crippen LogP contribution in [0.4, 0.5) is 8.78 Å². The van der Waals surface area contributed by atoms with Gasteiger partial charge in [0.15, 0.2) is 0 Å². The van der Waals surface area contributed by atoms with Gasteiger partial charge in [-0.15, -0.1) is 0 Å². The van der Waals surface area contributed by atoms with Crippen LogP contribution in [0.15, 0.2) is 0 Å². The maximum atomic E-state index is 11.9. The first-order valence-corrected chi connectivity index (χ1v) is 4.58. The maximum absolute atomic E-state index is 11.9. The van der Waals surface area contributed by atoms with E-state index in [0.29, 0.717) is 5.92 Å². The third kappa shape index (κ3) is 4.50. The van der Waals surface area contributed by atoms with Gasteiger partial charge in [-0.05, 0) is 20.0 Å². The molecule has 5 heteroatoms. The van der Waals surface area contributed by atoms with E-state index in [1.54, 1.807) is 0 Å². The monoisotopic (exact) mass is 208 g/mol. The highest BCUT2D eigenvalue weighted by molar-refractivity contribution is 5.79. The highest BCUT2D eigenvalue weighted by Crippen LogP contribution is 2.06. The minimum Gasteiger partial charge on any atom is -0.350 e. The molecule has 0 saturated carbocycles. The van der Waals surface area contributed by atoms with Gasteiger partial charge >= 0.3 is 6.43 Å². The second-order valence-electron chi connectivity index (χ2n) is 3.82. The molecule has 0 aliphatic rings. The fourth-order valence-corrected chi connectivity index (χ4v) is 1.30. The molecule has 1 N–H and O–H groups in total. The Kier molecular flexibility index (Phi) is 5.60. The van der Waals surface area contributed by atoms with Crippen molar-refractivity contribution in [2.24, 2.45) is 5.92 Å². The van der Waals surface area contributed by atoms with E-state index in [-0.39, 0.29) is 12.6 Å². The van der Waals surface area contributed by atoms with Crippen molar-refractivity contribution < 1.29 is 13.6 Å². The summed E-state index contributed by atoms with van der Waals surface area (Å²) in [7, 11) is 3.72. The van der Waals surface area contributed by atoms with Crippen LogP contribution in [0.25, 0.3) is 0 Å². The summed E-state index contributed by atoms with van der Waals surface area (Å²) in [6, 6.07) is 0.0812. The van der Waals surface area contributed by atoms with Gasteiger partial charge in [-0.3, -0.25) is 4.79 Å². The predicted octanol–water partition coefficient (Wildman–Crippen LogP) is 0.954. The molecule has 0 spiro atoms. The summed E-state index contributed by atoms with van der Waals surface area (Å²) in [5.74, 6) is -0.888. The van der Waals surface area contributed by atoms with Crippen LogP contribution in [0.3, 0.4) is 0 Å². The minimum atomic E-state index is -2.93. The number of hydrogen-bond donors (Lipinski definition) is 1. The molecule has 0 aromatic rings. The molecule has 0 aliphatic carbocycles. The molecule has 84 valence electrons. The lowest BCUT2D eigenvalue weighted by atomic mass is 10.0. The van der Waals surface area contributed by atoms with E-state index in [4.69, 9.17) is 0 Å². The Morgan fingerprint density at radius 2 is 1.86 bits per heavy atom. The summed E-state index contributed by atoms with van der Waals surface area (Å²) in [5, 5.41) is 2.21. The lowest BCUT2D eigenvalue weighted by Gasteiger charge is -2.27. The first kappa shape index (κ1) is 13.3. The summed E-state index contributed by atoms with van der Waals surface area (Å²) in [5.41, 5.74) is 0. The van der Waals surface area contributed by atoms with Gasteiger partial charge in [0.2, 0.25) is 0 Å². The molecule has 1 amide bonds. The largest absolute Gasteiger partial charge is 0.350 e. The third-order valence-corrected chi connectivity index (χ3v) is 2.12. The minimum absolute atomic E-state index is 0.0812. The molecule has 0 rings (SSSR count). The quantitative estimate of drug-likeness (QED) is 0.729. The number of hydrogen-bond acceptors (Lipinski definition) is 2. The van der Waals surface area contributed by atoms with Crippen molar-refractivity contribution in [2.45, 2.75) is 26.3 Å². The molecule has 0 radical (unpaired) electrons. The van der Waals surface area contributed by atoms with Crippen molar-refractivity contribution in [3.05, 3.63) is 0 Å². The SMILES string of the molecule is CC(C)C(CNC(=O)C(F)F)N(C)C. The van der Waals surface area contributed by atoms with Crippen LogP contribution >= 0.6 is 0 Å². The van der Waals surface area contributed by atoms with Crippen LogP contribution in [0, 0.1) is 5.92 Å². The number of nitrogens with one attached hydrogen (secondary N) is 1. The number of amides is 1. The van der Waals surface area contributed by atoms with Gasteiger partial charge < -0.3 is 10.2 Å². The molecule has 0 aliphatic heterocycles. The van der Waals surface area contributed by atoms with Crippen LogP contribution in [0.5, 0.6) is 0 Å². The Morgan fingerprint density at radius 1 is 1.36 bits per heavy atom. The van der Waals surface area contributed by atoms with E-state index >= 15 is 0 Å². The number of carbonyl (C=O) groups excluding carboxylic acids is 1. The van der Waals surface area contributed by atoms with Crippen LogP contribution in [-0.4, -0.2) is 43.9 Å². The molecule has 1 unspecified atom stereocenters. The van der Waals surface area contributed by atoms with Crippen molar-refractivity contribution in [2.75, 3.05) is 20.6 Å². The summed E-state index contributed by atoms with van der Waals surface area (Å²) in [6.07, 6.45) is -2.93. The molecule has 0 saturated heterocycles. The second kappa shape index (κ2) is 5.90. The number of nitrogens with zero attached hydrogens (tertiary/aromatic N) is 1. The van der Waals surface area contributed by atoms with Gasteiger partial charge in [-0.1, -0.05) is 13.8 Å². The fraction of sp³-hybridized carbons (Fsp3) is 0.889. The zero-order valence-electron chi connectivity index (χ0n) is 9.05. The Hall–Kier alpha value is -0.710. The van der Waals surface area contributed by atoms with Crippen molar-refractivity contribution in [3.63, 3.8) is 0 Å². The zero-order valence-corrected chi connectivity index (χ0v) is 9.05. The van der Waals surface area contributed by atoms with Gasteiger partial charge in [0.1, 0.15) is 0 Å². The topological polar surface area (TPSA) is 32.3 Å². The summed E-state index contributed by atoms with van der Waals surface area (Å²) in [6.45, 7) is 4.23. The smallest absolute Gasteiger partial charge is 0.315 e. The molecule has 0 fully saturated rings. The Balaban J connectivity index is 4.01. The van der Waals surface area contributed by atoms with Gasteiger partial charge in [0.25, 0.3) is 5.91 Å². The number of likely N-dealkylation sites (N-methyl/N-ethyl adjacent to an activating group) is 1. The fourth-order valence-electron chi connectivity index (χ4n) is 1.30. The maximum Gasteiger partial charge on any atom is 0.315 e. The standard InChI is InChI=1S/C9H18F2N2O/c1-6(2)7(13(3)4)5-12-9(14)8(10)11/h6-8H,5H2,1-4H3,(H,12,14). The van der Waals surface area contributed by atoms with Gasteiger partial charge in [-0.25, -0.2) is 0 Å². The van der Waals surface area contributed by atoms with Crippen LogP contribution in [0.1, 0.15) is 13.8 Å². The number of carbonyl (C=O) groups is 1. The Morgan fingerprint density at radius 3 is 2.14 bits per heavy atom. The van der Waals surface area contributed by atoms with Crippen molar-refractivity contribution in [1.82, 2.24) is 10.2 Å². The van der Waals surface area contributed by atoms with E-state index in [9.17, 15) is 13.6 Å². The third-order valence-electron chi connectivity index (χ3n) is 2.12. The predicted molar refractivity (Wildman–Crippen MR) is 51.3 cm³/mol. The van der Waals surface area contributed by atoms with E-state index in [1.165, 1.54) is 0 Å². The lowest BCUT2D eigenvalue weighted by molar-refractivity contribution is -0.132. The van der Waals surface area contributed by atoms with E-state index in [2.05, 4.69) is 5.32 Å². The van der Waals surface area contributed by atoms with Crippen molar-refractivity contribution >= 4 is 5.91 Å². The van der Waals surface area contributed by atoms with E-state index in [1.807, 2.05) is 32.8 Å². The highest BCUT2D eigenvalue weighted by Gasteiger charge is 2.20. The van der Waals surface area contributed by atoms with E-state index < -0.39 is 12.3 Å². The van der Waals surface area contributed by atoms with Crippen molar-refractivity contribution in [1.29, 1.82) is 0 Å². The van der Waals surface area contributed by atoms with Crippen LogP contribution < -0.4 is 5.32 Å². The molecule has 3 nitrogen and oxygen atoms in total. The van der Waals surface area contributed by atoms with Crippen LogP contribution in [0.2, 0.25) is 0 Å². The average molecular weight is 208 g/mol. The molecule has 14 heavy (non-hydrogen) atoms. The molecule has 0 bridgehead atoms. The van der Waals surface area contributed by atoms with Gasteiger partial charge in [0.05, 0.1) is 0 Å². The second-order valence-corrected chi connectivity index (χ2v) is 3.82. The molecular formula is C9H18F2N2O. The van der Waals surface area contributed by atoms with Gasteiger partial charge in [0, 0.05) is 12.6 Å². The average Bonchev–Trinajstić information content (AvgIpc) is 2.02. The van der Waals surface area contributed by atoms with E-state index in [0.717, 1.165) is 0 Å². The molecule has 0 aromatic carbocycles. The number of rotatable bonds is 5. The highest BCUT2D eigenvalue weighted by atomic mass is 19.3. The number of halogens is 2. The normalized spacial score (nSPS) is 13.8. The van der Waals surface area contributed by atoms with Gasteiger partial charge in [-0.2, -0.15) is 8.78 Å². The lowest BCUT2D eigenvalue weighted by Crippen LogP contribution is -2.44. The first-order valence-electron chi connectivity index (χ1n) is 4.58. The molecule has 1 atom stereocenters. The van der Waals surface area contributed by atoms with Crippen LogP contribution in [-0.2, 0) is 4.79 Å². The number of alkyl halides is 2. The van der Waals surface area contributed by atoms with Crippen molar-refractivity contribution in [3.8, 4) is 0 Å². The summed E-state index contributed by atoms with van der Waals surface area (Å²) in [4.78, 5) is 12.5.